The first kappa shape index (κ1) is 26.4. The molecule has 0 saturated carbocycles. The summed E-state index contributed by atoms with van der Waals surface area (Å²) in [5.41, 5.74) is 1.70. The van der Waals surface area contributed by atoms with Crippen molar-refractivity contribution in [3.8, 4) is 6.07 Å². The molecule has 2 aliphatic heterocycles. The van der Waals surface area contributed by atoms with Gasteiger partial charge in [-0.3, -0.25) is 19.1 Å². The van der Waals surface area contributed by atoms with E-state index in [-0.39, 0.29) is 23.1 Å². The number of anilines is 1. The Morgan fingerprint density at radius 2 is 2.14 bits per heavy atom. The number of pyridine rings is 1. The van der Waals surface area contributed by atoms with Crippen LogP contribution in [0.4, 0.5) is 5.82 Å². The molecule has 10 heteroatoms. The minimum absolute atomic E-state index is 0.0157. The summed E-state index contributed by atoms with van der Waals surface area (Å²) in [7, 11) is 0. The second kappa shape index (κ2) is 11.6. The smallest absolute Gasteiger partial charge is 0.270 e. The number of nitrogens with zero attached hydrogens (tertiary/aromatic N) is 3. The quantitative estimate of drug-likeness (QED) is 0.367. The lowest BCUT2D eigenvalue weighted by Gasteiger charge is -2.20. The average molecular weight is 543 g/mol. The summed E-state index contributed by atoms with van der Waals surface area (Å²) in [5.74, 6) is 0.353. The topological polar surface area (TPSA) is 87.4 Å². The number of carbonyl (C=O) groups is 1. The van der Waals surface area contributed by atoms with Crippen molar-refractivity contribution in [2.24, 2.45) is 0 Å². The third-order valence-corrected chi connectivity index (χ3v) is 8.03. The van der Waals surface area contributed by atoms with Gasteiger partial charge >= 0.3 is 0 Å². The van der Waals surface area contributed by atoms with E-state index in [0.29, 0.717) is 63.9 Å². The molecule has 2 fully saturated rings. The van der Waals surface area contributed by atoms with Crippen LogP contribution in [0.3, 0.4) is 0 Å². The van der Waals surface area contributed by atoms with Gasteiger partial charge in [-0.05, 0) is 49.5 Å². The van der Waals surface area contributed by atoms with Gasteiger partial charge in [0.05, 0.1) is 17.6 Å². The highest BCUT2D eigenvalue weighted by atomic mass is 35.5. The van der Waals surface area contributed by atoms with E-state index in [4.69, 9.17) is 28.6 Å². The molecule has 2 aromatic rings. The summed E-state index contributed by atoms with van der Waals surface area (Å²) in [6.45, 7) is 5.61. The Morgan fingerprint density at radius 1 is 1.36 bits per heavy atom. The summed E-state index contributed by atoms with van der Waals surface area (Å²) < 4.78 is 7.75. The number of halogens is 1. The zero-order valence-electron chi connectivity index (χ0n) is 20.2. The molecule has 4 rings (SSSR count). The van der Waals surface area contributed by atoms with Crippen molar-refractivity contribution < 1.29 is 9.53 Å². The number of carbonyl (C=O) groups excluding carboxylic acids is 1. The number of ether oxygens (including phenoxy) is 1. The number of hydrogen-bond acceptors (Lipinski definition) is 7. The zero-order chi connectivity index (χ0) is 25.8. The molecular weight excluding hydrogens is 516 g/mol. The Labute approximate surface area is 225 Å². The van der Waals surface area contributed by atoms with E-state index in [1.54, 1.807) is 22.5 Å². The number of thioether (sulfide) groups is 1. The van der Waals surface area contributed by atoms with Gasteiger partial charge in [-0.1, -0.05) is 60.7 Å². The van der Waals surface area contributed by atoms with Crippen LogP contribution in [-0.4, -0.2) is 39.0 Å². The average Bonchev–Trinajstić information content (AvgIpc) is 3.47. The van der Waals surface area contributed by atoms with Crippen LogP contribution in [0.25, 0.3) is 6.08 Å². The Morgan fingerprint density at radius 3 is 2.81 bits per heavy atom. The fraction of sp³-hybridized carbons (Fsp3) is 0.385. The van der Waals surface area contributed by atoms with Crippen LogP contribution in [-0.2, 0) is 22.6 Å². The lowest BCUT2D eigenvalue weighted by atomic mass is 10.0. The Hall–Kier alpha value is -2.64. The van der Waals surface area contributed by atoms with Gasteiger partial charge in [-0.25, -0.2) is 0 Å². The van der Waals surface area contributed by atoms with E-state index in [2.05, 4.69) is 11.4 Å². The number of nitrogens with one attached hydrogen (secondary N) is 1. The summed E-state index contributed by atoms with van der Waals surface area (Å²) in [6, 6.07) is 9.52. The first-order chi connectivity index (χ1) is 17.3. The minimum atomic E-state index is -0.360. The van der Waals surface area contributed by atoms with Crippen LogP contribution < -0.4 is 10.9 Å². The van der Waals surface area contributed by atoms with Gasteiger partial charge in [-0.2, -0.15) is 5.26 Å². The molecule has 1 aromatic carbocycles. The van der Waals surface area contributed by atoms with E-state index in [1.165, 1.54) is 11.8 Å². The summed E-state index contributed by atoms with van der Waals surface area (Å²) in [6.07, 6.45) is 4.30. The summed E-state index contributed by atoms with van der Waals surface area (Å²) in [4.78, 5) is 28.5. The van der Waals surface area contributed by atoms with Crippen LogP contribution in [0, 0.1) is 18.3 Å². The minimum Gasteiger partial charge on any atom is -0.376 e. The fourth-order valence-corrected chi connectivity index (χ4v) is 5.85. The third kappa shape index (κ3) is 5.37. The normalized spacial score (nSPS) is 18.8. The number of amides is 1. The Kier molecular flexibility index (Phi) is 8.52. The summed E-state index contributed by atoms with van der Waals surface area (Å²) in [5, 5.41) is 13.7. The maximum absolute atomic E-state index is 13.3. The van der Waals surface area contributed by atoms with Gasteiger partial charge in [0.15, 0.2) is 0 Å². The zero-order valence-corrected chi connectivity index (χ0v) is 22.6. The van der Waals surface area contributed by atoms with Crippen molar-refractivity contribution in [1.29, 1.82) is 5.26 Å². The van der Waals surface area contributed by atoms with Crippen LogP contribution in [0.2, 0.25) is 5.02 Å². The number of thiocarbonyl (C=S) groups is 1. The molecule has 0 spiro atoms. The molecule has 0 bridgehead atoms. The monoisotopic (exact) mass is 542 g/mol. The number of hydrogen-bond donors (Lipinski definition) is 1. The van der Waals surface area contributed by atoms with Gasteiger partial charge in [0.1, 0.15) is 21.8 Å². The van der Waals surface area contributed by atoms with E-state index in [9.17, 15) is 14.9 Å². The molecule has 1 unspecified atom stereocenters. The van der Waals surface area contributed by atoms with Crippen LogP contribution in [0.15, 0.2) is 34.0 Å². The molecule has 1 N–H and O–H groups in total. The second-order valence-corrected chi connectivity index (χ2v) is 10.8. The van der Waals surface area contributed by atoms with Gasteiger partial charge in [0.25, 0.3) is 11.5 Å². The predicted molar refractivity (Wildman–Crippen MR) is 148 cm³/mol. The molecular formula is C26H27ClN4O3S2. The highest BCUT2D eigenvalue weighted by Gasteiger charge is 2.35. The van der Waals surface area contributed by atoms with Gasteiger partial charge in [0.2, 0.25) is 0 Å². The van der Waals surface area contributed by atoms with Gasteiger partial charge < -0.3 is 10.1 Å². The molecule has 1 amide bonds. The van der Waals surface area contributed by atoms with Crippen LogP contribution >= 0.6 is 35.6 Å². The van der Waals surface area contributed by atoms with Crippen molar-refractivity contribution in [1.82, 2.24) is 9.47 Å². The van der Waals surface area contributed by atoms with Crippen molar-refractivity contribution in [2.45, 2.75) is 52.3 Å². The molecule has 0 radical (unpaired) electrons. The lowest BCUT2D eigenvalue weighted by molar-refractivity contribution is -0.123. The fourth-order valence-electron chi connectivity index (χ4n) is 4.39. The van der Waals surface area contributed by atoms with Crippen molar-refractivity contribution >= 4 is 57.7 Å². The first-order valence-electron chi connectivity index (χ1n) is 11.9. The van der Waals surface area contributed by atoms with Crippen LogP contribution in [0.1, 0.15) is 48.4 Å². The molecule has 7 nitrogen and oxygen atoms in total. The lowest BCUT2D eigenvalue weighted by Crippen LogP contribution is -2.35. The number of rotatable bonds is 8. The maximum Gasteiger partial charge on any atom is 0.270 e. The van der Waals surface area contributed by atoms with Crippen molar-refractivity contribution in [3.05, 3.63) is 66.8 Å². The Bertz CT molecular complexity index is 1330. The third-order valence-electron chi connectivity index (χ3n) is 6.29. The van der Waals surface area contributed by atoms with Crippen molar-refractivity contribution in [2.75, 3.05) is 18.5 Å². The molecule has 3 heterocycles. The van der Waals surface area contributed by atoms with Gasteiger partial charge in [0, 0.05) is 30.3 Å². The highest BCUT2D eigenvalue weighted by Crippen LogP contribution is 2.36. The molecule has 2 aliphatic rings. The molecule has 0 aliphatic carbocycles. The number of benzene rings is 1. The highest BCUT2D eigenvalue weighted by molar-refractivity contribution is 8.26. The van der Waals surface area contributed by atoms with E-state index >= 15 is 0 Å². The molecule has 1 atom stereocenters. The van der Waals surface area contributed by atoms with Gasteiger partial charge in [-0.15, -0.1) is 0 Å². The maximum atomic E-state index is 13.3. The Balaban J connectivity index is 1.77. The van der Waals surface area contributed by atoms with E-state index < -0.39 is 0 Å². The van der Waals surface area contributed by atoms with Crippen LogP contribution in [0.5, 0.6) is 0 Å². The predicted octanol–water partition coefficient (Wildman–Crippen LogP) is 5.08. The molecule has 188 valence electrons. The number of aromatic nitrogens is 1. The van der Waals surface area contributed by atoms with E-state index in [1.807, 2.05) is 31.2 Å². The second-order valence-electron chi connectivity index (χ2n) is 8.70. The SMILES string of the molecule is CCCn1c(NCc2ccccc2Cl)c(/C=C2/SC(=S)N(CC3CCCO3)C2=O)c(C)c(C#N)c1=O. The largest absolute Gasteiger partial charge is 0.376 e. The molecule has 2 saturated heterocycles. The van der Waals surface area contributed by atoms with Crippen molar-refractivity contribution in [3.63, 3.8) is 0 Å². The van der Waals surface area contributed by atoms with E-state index in [0.717, 1.165) is 18.4 Å². The molecule has 36 heavy (non-hydrogen) atoms. The molecule has 1 aromatic heterocycles. The number of nitriles is 1. The summed E-state index contributed by atoms with van der Waals surface area (Å²) >= 11 is 13.1. The standard InChI is InChI=1S/C26H27ClN4O3S2/c1-3-10-30-23(29-14-17-7-4-5-9-21(17)27)19(16(2)20(13-28)24(30)32)12-22-25(33)31(26(35)36-22)15-18-8-6-11-34-18/h4-5,7,9,12,18,29H,3,6,8,10-11,14-15H2,1-2H3/b22-12+. The first-order valence-corrected chi connectivity index (χ1v) is 13.5.